The lowest BCUT2D eigenvalue weighted by atomic mass is 9.85. The summed E-state index contributed by atoms with van der Waals surface area (Å²) >= 11 is 0. The highest BCUT2D eigenvalue weighted by molar-refractivity contribution is 5.74. The number of aliphatic hydroxyl groups is 1. The van der Waals surface area contributed by atoms with Gasteiger partial charge >= 0.3 is 6.03 Å². The fourth-order valence-electron chi connectivity index (χ4n) is 2.66. The van der Waals surface area contributed by atoms with Crippen LogP contribution >= 0.6 is 0 Å². The number of hydrogen-bond acceptors (Lipinski definition) is 2. The molecule has 0 aromatic carbocycles. The molecule has 1 aliphatic carbocycles. The van der Waals surface area contributed by atoms with E-state index in [0.717, 1.165) is 51.6 Å². The first-order chi connectivity index (χ1) is 7.70. The van der Waals surface area contributed by atoms with Crippen LogP contribution < -0.4 is 5.32 Å². The standard InChI is InChI=1S/C12H22N2O2/c15-11(14-8-4-5-9-14)13-10-12(16)6-2-1-3-7-12/h16H,1-10H2,(H,13,15). The highest BCUT2D eigenvalue weighted by atomic mass is 16.3. The van der Waals surface area contributed by atoms with Crippen LogP contribution in [-0.2, 0) is 0 Å². The lowest BCUT2D eigenvalue weighted by Gasteiger charge is -2.32. The zero-order valence-electron chi connectivity index (χ0n) is 9.87. The van der Waals surface area contributed by atoms with E-state index in [1.54, 1.807) is 0 Å². The van der Waals surface area contributed by atoms with Crippen molar-refractivity contribution in [2.75, 3.05) is 19.6 Å². The zero-order valence-corrected chi connectivity index (χ0v) is 9.87. The number of carbonyl (C=O) groups is 1. The second-order valence-electron chi connectivity index (χ2n) is 5.14. The Morgan fingerprint density at radius 2 is 1.75 bits per heavy atom. The van der Waals surface area contributed by atoms with Crippen molar-refractivity contribution in [1.29, 1.82) is 0 Å². The van der Waals surface area contributed by atoms with Gasteiger partial charge in [0.15, 0.2) is 0 Å². The number of nitrogens with one attached hydrogen (secondary N) is 1. The Morgan fingerprint density at radius 3 is 2.38 bits per heavy atom. The Labute approximate surface area is 97.0 Å². The third kappa shape index (κ3) is 2.88. The molecule has 0 spiro atoms. The van der Waals surface area contributed by atoms with Gasteiger partial charge in [-0.2, -0.15) is 0 Å². The average molecular weight is 226 g/mol. The van der Waals surface area contributed by atoms with Crippen LogP contribution in [0.2, 0.25) is 0 Å². The molecule has 1 saturated carbocycles. The van der Waals surface area contributed by atoms with Gasteiger partial charge in [0.1, 0.15) is 0 Å². The van der Waals surface area contributed by atoms with Gasteiger partial charge in [0, 0.05) is 19.6 Å². The van der Waals surface area contributed by atoms with Crippen molar-refractivity contribution in [1.82, 2.24) is 10.2 Å². The smallest absolute Gasteiger partial charge is 0.317 e. The molecule has 0 atom stereocenters. The summed E-state index contributed by atoms with van der Waals surface area (Å²) in [5.74, 6) is 0. The van der Waals surface area contributed by atoms with Gasteiger partial charge in [-0.15, -0.1) is 0 Å². The van der Waals surface area contributed by atoms with Crippen molar-refractivity contribution in [3.63, 3.8) is 0 Å². The molecule has 2 rings (SSSR count). The maximum absolute atomic E-state index is 11.7. The summed E-state index contributed by atoms with van der Waals surface area (Å²) in [4.78, 5) is 13.6. The Hall–Kier alpha value is -0.770. The molecule has 1 heterocycles. The molecule has 1 aliphatic heterocycles. The minimum Gasteiger partial charge on any atom is -0.388 e. The summed E-state index contributed by atoms with van der Waals surface area (Å²) in [5.41, 5.74) is -0.645. The second-order valence-corrected chi connectivity index (χ2v) is 5.14. The van der Waals surface area contributed by atoms with Crippen LogP contribution in [0.4, 0.5) is 4.79 Å². The number of carbonyl (C=O) groups excluding carboxylic acids is 1. The molecule has 0 radical (unpaired) electrons. The van der Waals surface area contributed by atoms with Gasteiger partial charge in [-0.3, -0.25) is 0 Å². The van der Waals surface area contributed by atoms with E-state index in [1.807, 2.05) is 4.90 Å². The number of likely N-dealkylation sites (tertiary alicyclic amines) is 1. The van der Waals surface area contributed by atoms with Crippen LogP contribution in [0.5, 0.6) is 0 Å². The Balaban J connectivity index is 1.75. The van der Waals surface area contributed by atoms with E-state index in [-0.39, 0.29) is 6.03 Å². The molecular weight excluding hydrogens is 204 g/mol. The molecule has 4 nitrogen and oxygen atoms in total. The fraction of sp³-hybridized carbons (Fsp3) is 0.917. The van der Waals surface area contributed by atoms with Crippen LogP contribution in [-0.4, -0.2) is 41.3 Å². The lowest BCUT2D eigenvalue weighted by Crippen LogP contribution is -2.48. The molecule has 0 aromatic rings. The topological polar surface area (TPSA) is 52.6 Å². The van der Waals surface area contributed by atoms with Gasteiger partial charge in [-0.25, -0.2) is 4.79 Å². The van der Waals surface area contributed by atoms with E-state index in [0.29, 0.717) is 6.54 Å². The van der Waals surface area contributed by atoms with Crippen LogP contribution in [0.3, 0.4) is 0 Å². The molecule has 0 aromatic heterocycles. The minimum atomic E-state index is -0.645. The summed E-state index contributed by atoms with van der Waals surface area (Å²) < 4.78 is 0. The summed E-state index contributed by atoms with van der Waals surface area (Å²) in [6.07, 6.45) is 7.24. The van der Waals surface area contributed by atoms with Crippen LogP contribution in [0.15, 0.2) is 0 Å². The molecule has 0 unspecified atom stereocenters. The van der Waals surface area contributed by atoms with Crippen molar-refractivity contribution >= 4 is 6.03 Å². The van der Waals surface area contributed by atoms with Gasteiger partial charge in [0.2, 0.25) is 0 Å². The third-order valence-corrected chi connectivity index (χ3v) is 3.75. The van der Waals surface area contributed by atoms with E-state index in [2.05, 4.69) is 5.32 Å². The first-order valence-corrected chi connectivity index (χ1v) is 6.45. The lowest BCUT2D eigenvalue weighted by molar-refractivity contribution is 0.00637. The molecular formula is C12H22N2O2. The molecule has 2 N–H and O–H groups in total. The normalized spacial score (nSPS) is 24.4. The third-order valence-electron chi connectivity index (χ3n) is 3.75. The van der Waals surface area contributed by atoms with Gasteiger partial charge < -0.3 is 15.3 Å². The maximum atomic E-state index is 11.7. The monoisotopic (exact) mass is 226 g/mol. The zero-order chi connectivity index (χ0) is 11.4. The van der Waals surface area contributed by atoms with E-state index in [1.165, 1.54) is 6.42 Å². The second kappa shape index (κ2) is 5.04. The number of nitrogens with zero attached hydrogens (tertiary/aromatic N) is 1. The summed E-state index contributed by atoms with van der Waals surface area (Å²) in [6, 6.07) is -0.00324. The van der Waals surface area contributed by atoms with Crippen molar-refractivity contribution in [2.24, 2.45) is 0 Å². The summed E-state index contributed by atoms with van der Waals surface area (Å²) in [5, 5.41) is 13.1. The molecule has 16 heavy (non-hydrogen) atoms. The first kappa shape index (κ1) is 11.7. The first-order valence-electron chi connectivity index (χ1n) is 6.45. The minimum absolute atomic E-state index is 0.00324. The average Bonchev–Trinajstić information content (AvgIpc) is 2.80. The number of rotatable bonds is 2. The fourth-order valence-corrected chi connectivity index (χ4v) is 2.66. The van der Waals surface area contributed by atoms with E-state index < -0.39 is 5.60 Å². The van der Waals surface area contributed by atoms with Crippen molar-refractivity contribution in [3.05, 3.63) is 0 Å². The molecule has 4 heteroatoms. The largest absolute Gasteiger partial charge is 0.388 e. The summed E-state index contributed by atoms with van der Waals surface area (Å²) in [6.45, 7) is 2.15. The van der Waals surface area contributed by atoms with Gasteiger partial charge in [-0.05, 0) is 25.7 Å². The number of amides is 2. The van der Waals surface area contributed by atoms with Crippen LogP contribution in [0.25, 0.3) is 0 Å². The molecule has 2 amide bonds. The van der Waals surface area contributed by atoms with E-state index >= 15 is 0 Å². The Morgan fingerprint density at radius 1 is 1.12 bits per heavy atom. The van der Waals surface area contributed by atoms with Crippen molar-refractivity contribution in [2.45, 2.75) is 50.5 Å². The molecule has 2 fully saturated rings. The van der Waals surface area contributed by atoms with Crippen LogP contribution in [0, 0.1) is 0 Å². The SMILES string of the molecule is O=C(NCC1(O)CCCCC1)N1CCCC1. The highest BCUT2D eigenvalue weighted by Gasteiger charge is 2.30. The Bertz CT molecular complexity index is 243. The predicted molar refractivity (Wildman–Crippen MR) is 62.2 cm³/mol. The van der Waals surface area contributed by atoms with Crippen molar-refractivity contribution in [3.8, 4) is 0 Å². The van der Waals surface area contributed by atoms with Gasteiger partial charge in [-0.1, -0.05) is 19.3 Å². The molecule has 2 aliphatic rings. The highest BCUT2D eigenvalue weighted by Crippen LogP contribution is 2.27. The van der Waals surface area contributed by atoms with E-state index in [4.69, 9.17) is 0 Å². The van der Waals surface area contributed by atoms with Gasteiger partial charge in [0.25, 0.3) is 0 Å². The molecule has 0 bridgehead atoms. The molecule has 92 valence electrons. The number of urea groups is 1. The summed E-state index contributed by atoms with van der Waals surface area (Å²) in [7, 11) is 0. The quantitative estimate of drug-likeness (QED) is 0.749. The maximum Gasteiger partial charge on any atom is 0.317 e. The predicted octanol–water partition coefficient (Wildman–Crippen LogP) is 1.49. The van der Waals surface area contributed by atoms with Crippen LogP contribution in [0.1, 0.15) is 44.9 Å². The van der Waals surface area contributed by atoms with E-state index in [9.17, 15) is 9.90 Å². The molecule has 1 saturated heterocycles. The number of hydrogen-bond donors (Lipinski definition) is 2. The Kier molecular flexibility index (Phi) is 3.69. The van der Waals surface area contributed by atoms with Crippen molar-refractivity contribution < 1.29 is 9.90 Å². The van der Waals surface area contributed by atoms with Gasteiger partial charge in [0.05, 0.1) is 5.60 Å².